The molecule has 188 valence electrons. The molecule has 1 fully saturated rings. The van der Waals surface area contributed by atoms with Crippen LogP contribution in [0.15, 0.2) is 48.9 Å². The summed E-state index contributed by atoms with van der Waals surface area (Å²) in [5.74, 6) is -1.13. The van der Waals surface area contributed by atoms with Crippen molar-refractivity contribution in [2.45, 2.75) is 52.5 Å². The lowest BCUT2D eigenvalue weighted by Crippen LogP contribution is -2.43. The predicted molar refractivity (Wildman–Crippen MR) is 136 cm³/mol. The van der Waals surface area contributed by atoms with Gasteiger partial charge in [0.2, 0.25) is 11.8 Å². The molecule has 0 radical (unpaired) electrons. The summed E-state index contributed by atoms with van der Waals surface area (Å²) < 4.78 is 1.48. The molecule has 2 heterocycles. The molecule has 0 atom stereocenters. The average molecular weight is 490 g/mol. The van der Waals surface area contributed by atoms with Crippen molar-refractivity contribution in [3.8, 4) is 16.8 Å². The van der Waals surface area contributed by atoms with Crippen molar-refractivity contribution < 1.29 is 19.5 Å². The van der Waals surface area contributed by atoms with Crippen LogP contribution in [0.3, 0.4) is 0 Å². The number of hydrogen-bond acceptors (Lipinski definition) is 5. The summed E-state index contributed by atoms with van der Waals surface area (Å²) in [5.41, 5.74) is 7.81. The van der Waals surface area contributed by atoms with Gasteiger partial charge in [-0.15, -0.1) is 5.10 Å². The number of nitrogens with zero attached hydrogens (tertiary/aromatic N) is 4. The van der Waals surface area contributed by atoms with E-state index < -0.39 is 11.9 Å². The first kappa shape index (κ1) is 25.1. The molecular formula is C27H31N5O4. The number of amides is 2. The van der Waals surface area contributed by atoms with Crippen LogP contribution in [-0.2, 0) is 4.79 Å². The van der Waals surface area contributed by atoms with E-state index >= 15 is 0 Å². The quantitative estimate of drug-likeness (QED) is 0.509. The van der Waals surface area contributed by atoms with E-state index in [4.69, 9.17) is 5.73 Å². The fourth-order valence-corrected chi connectivity index (χ4v) is 4.67. The second kappa shape index (κ2) is 10.3. The number of carbonyl (C=O) groups is 3. The maximum atomic E-state index is 13.5. The van der Waals surface area contributed by atoms with Crippen LogP contribution in [0.25, 0.3) is 16.8 Å². The van der Waals surface area contributed by atoms with Gasteiger partial charge in [-0.2, -0.15) is 0 Å². The SMILES string of the molecule is CC1CCC(C(=O)N(c2nn(-c3ccc(-c4cncc(C(N)=O)c4)cc3)cc2C(=O)O)C(C)C)CC1. The summed E-state index contributed by atoms with van der Waals surface area (Å²) in [6, 6.07) is 8.65. The van der Waals surface area contributed by atoms with Crippen molar-refractivity contribution in [2.24, 2.45) is 17.6 Å². The Labute approximate surface area is 209 Å². The van der Waals surface area contributed by atoms with Gasteiger partial charge in [-0.25, -0.2) is 9.48 Å². The molecule has 36 heavy (non-hydrogen) atoms. The number of anilines is 1. The summed E-state index contributed by atoms with van der Waals surface area (Å²) in [7, 11) is 0. The monoisotopic (exact) mass is 489 g/mol. The van der Waals surface area contributed by atoms with E-state index in [1.54, 1.807) is 24.4 Å². The minimum Gasteiger partial charge on any atom is -0.477 e. The van der Waals surface area contributed by atoms with Crippen molar-refractivity contribution >= 4 is 23.6 Å². The number of primary amides is 1. The Bertz CT molecular complexity index is 1270. The first-order valence-corrected chi connectivity index (χ1v) is 12.2. The van der Waals surface area contributed by atoms with Gasteiger partial charge in [0.25, 0.3) is 0 Å². The van der Waals surface area contributed by atoms with Crippen LogP contribution in [0.2, 0.25) is 0 Å². The molecule has 0 bridgehead atoms. The second-order valence-electron chi connectivity index (χ2n) is 9.75. The minimum absolute atomic E-state index is 0.0244. The summed E-state index contributed by atoms with van der Waals surface area (Å²) in [5, 5.41) is 14.5. The lowest BCUT2D eigenvalue weighted by atomic mass is 9.82. The molecule has 2 amide bonds. The van der Waals surface area contributed by atoms with E-state index in [1.807, 2.05) is 26.0 Å². The van der Waals surface area contributed by atoms with Crippen molar-refractivity contribution in [1.29, 1.82) is 0 Å². The largest absolute Gasteiger partial charge is 0.477 e. The number of hydrogen-bond donors (Lipinski definition) is 2. The Morgan fingerprint density at radius 1 is 1.06 bits per heavy atom. The van der Waals surface area contributed by atoms with Crippen LogP contribution in [0.4, 0.5) is 5.82 Å². The van der Waals surface area contributed by atoms with E-state index in [0.717, 1.165) is 36.8 Å². The normalized spacial score (nSPS) is 17.7. The third-order valence-corrected chi connectivity index (χ3v) is 6.76. The van der Waals surface area contributed by atoms with Crippen molar-refractivity contribution in [3.63, 3.8) is 0 Å². The lowest BCUT2D eigenvalue weighted by Gasteiger charge is -2.32. The number of pyridine rings is 1. The topological polar surface area (TPSA) is 131 Å². The van der Waals surface area contributed by atoms with E-state index in [-0.39, 0.29) is 29.2 Å². The van der Waals surface area contributed by atoms with Crippen molar-refractivity contribution in [1.82, 2.24) is 14.8 Å². The molecule has 2 aromatic heterocycles. The highest BCUT2D eigenvalue weighted by atomic mass is 16.4. The molecule has 9 nitrogen and oxygen atoms in total. The first-order chi connectivity index (χ1) is 17.2. The van der Waals surface area contributed by atoms with Gasteiger partial charge in [-0.05, 0) is 69.2 Å². The number of nitrogens with two attached hydrogens (primary N) is 1. The molecule has 1 aromatic carbocycles. The third-order valence-electron chi connectivity index (χ3n) is 6.76. The standard InChI is InChI=1S/C27H31N5O4/c1-16(2)32(26(34)19-6-4-17(3)5-7-19)25-23(27(35)36)15-31(30-25)22-10-8-18(9-11-22)20-12-21(24(28)33)14-29-13-20/h8-17,19H,4-7H2,1-3H3,(H2,28,33)(H,35,36). The second-order valence-corrected chi connectivity index (χ2v) is 9.75. The van der Waals surface area contributed by atoms with Crippen molar-refractivity contribution in [3.05, 3.63) is 60.0 Å². The Kier molecular flexibility index (Phi) is 7.19. The molecule has 0 unspecified atom stereocenters. The van der Waals surface area contributed by atoms with Gasteiger partial charge < -0.3 is 10.8 Å². The fraction of sp³-hybridized carbons (Fsp3) is 0.370. The van der Waals surface area contributed by atoms with Crippen LogP contribution in [0.5, 0.6) is 0 Å². The van der Waals surface area contributed by atoms with E-state index in [1.165, 1.54) is 22.0 Å². The molecular weight excluding hydrogens is 458 g/mol. The molecule has 9 heteroatoms. The Balaban J connectivity index is 1.66. The molecule has 0 saturated heterocycles. The molecule has 3 N–H and O–H groups in total. The van der Waals surface area contributed by atoms with E-state index in [0.29, 0.717) is 17.2 Å². The number of aromatic carboxylic acids is 1. The summed E-state index contributed by atoms with van der Waals surface area (Å²) in [6.07, 6.45) is 8.08. The van der Waals surface area contributed by atoms with Gasteiger partial charge in [0.15, 0.2) is 5.82 Å². The molecule has 3 aromatic rings. The summed E-state index contributed by atoms with van der Waals surface area (Å²) >= 11 is 0. The van der Waals surface area contributed by atoms with Crippen LogP contribution in [-0.4, -0.2) is 43.7 Å². The highest BCUT2D eigenvalue weighted by Crippen LogP contribution is 2.33. The maximum absolute atomic E-state index is 13.5. The average Bonchev–Trinajstić information content (AvgIpc) is 3.29. The maximum Gasteiger partial charge on any atom is 0.341 e. The van der Waals surface area contributed by atoms with Gasteiger partial charge in [0, 0.05) is 36.1 Å². The Morgan fingerprint density at radius 3 is 2.31 bits per heavy atom. The predicted octanol–water partition coefficient (Wildman–Crippen LogP) is 4.30. The van der Waals surface area contributed by atoms with Gasteiger partial charge in [-0.1, -0.05) is 19.1 Å². The molecule has 1 aliphatic carbocycles. The van der Waals surface area contributed by atoms with Gasteiger partial charge in [-0.3, -0.25) is 19.5 Å². The molecule has 1 saturated carbocycles. The zero-order valence-corrected chi connectivity index (χ0v) is 20.7. The zero-order chi connectivity index (χ0) is 26.0. The number of benzene rings is 1. The highest BCUT2D eigenvalue weighted by Gasteiger charge is 2.34. The minimum atomic E-state index is -1.14. The highest BCUT2D eigenvalue weighted by molar-refractivity contribution is 6.02. The van der Waals surface area contributed by atoms with Gasteiger partial charge in [0.1, 0.15) is 5.56 Å². The van der Waals surface area contributed by atoms with E-state index in [9.17, 15) is 19.5 Å². The molecule has 0 aliphatic heterocycles. The smallest absolute Gasteiger partial charge is 0.341 e. The molecule has 4 rings (SSSR count). The fourth-order valence-electron chi connectivity index (χ4n) is 4.67. The third kappa shape index (κ3) is 5.15. The summed E-state index contributed by atoms with van der Waals surface area (Å²) in [4.78, 5) is 42.7. The number of carbonyl (C=O) groups excluding carboxylic acids is 2. The van der Waals surface area contributed by atoms with Crippen LogP contribution in [0, 0.1) is 11.8 Å². The first-order valence-electron chi connectivity index (χ1n) is 12.2. The lowest BCUT2D eigenvalue weighted by molar-refractivity contribution is -0.124. The van der Waals surface area contributed by atoms with E-state index in [2.05, 4.69) is 17.0 Å². The van der Waals surface area contributed by atoms with Crippen LogP contribution in [0.1, 0.15) is 67.2 Å². The van der Waals surface area contributed by atoms with Gasteiger partial charge >= 0.3 is 5.97 Å². The Hall–Kier alpha value is -4.01. The van der Waals surface area contributed by atoms with Gasteiger partial charge in [0.05, 0.1) is 11.3 Å². The summed E-state index contributed by atoms with van der Waals surface area (Å²) in [6.45, 7) is 5.94. The number of carboxylic acid groups (broad SMARTS) is 1. The van der Waals surface area contributed by atoms with Crippen LogP contribution >= 0.6 is 0 Å². The number of aromatic nitrogens is 3. The molecule has 1 aliphatic rings. The zero-order valence-electron chi connectivity index (χ0n) is 20.7. The molecule has 0 spiro atoms. The Morgan fingerprint density at radius 2 is 1.72 bits per heavy atom. The van der Waals surface area contributed by atoms with Crippen molar-refractivity contribution in [2.75, 3.05) is 4.90 Å². The number of carboxylic acids is 1. The van der Waals surface area contributed by atoms with Crippen LogP contribution < -0.4 is 10.6 Å². The number of rotatable bonds is 7.